The Bertz CT molecular complexity index is 665. The molecule has 24 heavy (non-hydrogen) atoms. The predicted molar refractivity (Wildman–Crippen MR) is 90.0 cm³/mol. The molecule has 1 aromatic carbocycles. The summed E-state index contributed by atoms with van der Waals surface area (Å²) in [6.45, 7) is 5.46. The van der Waals surface area contributed by atoms with Gasteiger partial charge in [0.1, 0.15) is 0 Å². The van der Waals surface area contributed by atoms with E-state index in [-0.39, 0.29) is 11.9 Å². The summed E-state index contributed by atoms with van der Waals surface area (Å²) in [6.07, 6.45) is 0.416. The van der Waals surface area contributed by atoms with Crippen molar-refractivity contribution in [1.82, 2.24) is 19.9 Å². The Morgan fingerprint density at radius 3 is 2.62 bits per heavy atom. The van der Waals surface area contributed by atoms with Gasteiger partial charge in [-0.25, -0.2) is 0 Å². The van der Waals surface area contributed by atoms with E-state index in [0.717, 1.165) is 18.7 Å². The molecule has 7 heteroatoms. The SMILES string of the molecule is CC(c1nc(-c2ccccc2)no1)N1CCN(C(=O)CCN)CC1. The van der Waals surface area contributed by atoms with Crippen LogP contribution in [0.25, 0.3) is 11.4 Å². The molecule has 1 aromatic heterocycles. The van der Waals surface area contributed by atoms with Gasteiger partial charge in [-0.15, -0.1) is 0 Å². The number of aromatic nitrogens is 2. The maximum Gasteiger partial charge on any atom is 0.244 e. The fraction of sp³-hybridized carbons (Fsp3) is 0.471. The van der Waals surface area contributed by atoms with Gasteiger partial charge in [-0.1, -0.05) is 35.5 Å². The van der Waals surface area contributed by atoms with Crippen LogP contribution in [0.5, 0.6) is 0 Å². The Morgan fingerprint density at radius 2 is 1.96 bits per heavy atom. The summed E-state index contributed by atoms with van der Waals surface area (Å²) in [7, 11) is 0. The normalized spacial score (nSPS) is 17.0. The third-order valence-electron chi connectivity index (χ3n) is 4.40. The highest BCUT2D eigenvalue weighted by molar-refractivity contribution is 5.76. The average Bonchev–Trinajstić information content (AvgIpc) is 3.12. The monoisotopic (exact) mass is 329 g/mol. The van der Waals surface area contributed by atoms with Crippen LogP contribution >= 0.6 is 0 Å². The number of rotatable bonds is 5. The molecule has 3 rings (SSSR count). The zero-order valence-corrected chi connectivity index (χ0v) is 13.9. The number of hydrogen-bond acceptors (Lipinski definition) is 6. The van der Waals surface area contributed by atoms with Gasteiger partial charge in [0.05, 0.1) is 6.04 Å². The minimum Gasteiger partial charge on any atom is -0.340 e. The molecule has 1 atom stereocenters. The molecule has 1 unspecified atom stereocenters. The van der Waals surface area contributed by atoms with Crippen LogP contribution < -0.4 is 5.73 Å². The van der Waals surface area contributed by atoms with Crippen LogP contribution in [0.2, 0.25) is 0 Å². The Labute approximate surface area is 141 Å². The summed E-state index contributed by atoms with van der Waals surface area (Å²) >= 11 is 0. The van der Waals surface area contributed by atoms with Gasteiger partial charge in [0.15, 0.2) is 0 Å². The Balaban J connectivity index is 1.61. The minimum absolute atomic E-state index is 0.0294. The third kappa shape index (κ3) is 3.63. The molecular weight excluding hydrogens is 306 g/mol. The summed E-state index contributed by atoms with van der Waals surface area (Å²) in [5.74, 6) is 1.35. The van der Waals surface area contributed by atoms with Gasteiger partial charge in [0.25, 0.3) is 0 Å². The van der Waals surface area contributed by atoms with Gasteiger partial charge in [-0.05, 0) is 6.92 Å². The molecule has 1 aliphatic heterocycles. The van der Waals surface area contributed by atoms with Crippen molar-refractivity contribution in [2.24, 2.45) is 5.73 Å². The second-order valence-corrected chi connectivity index (χ2v) is 5.95. The van der Waals surface area contributed by atoms with Crippen LogP contribution in [-0.4, -0.2) is 58.6 Å². The van der Waals surface area contributed by atoms with Gasteiger partial charge in [0, 0.05) is 44.7 Å². The molecular formula is C17H23N5O2. The molecule has 128 valence electrons. The van der Waals surface area contributed by atoms with Gasteiger partial charge in [0.2, 0.25) is 17.6 Å². The van der Waals surface area contributed by atoms with Crippen molar-refractivity contribution in [3.63, 3.8) is 0 Å². The highest BCUT2D eigenvalue weighted by Crippen LogP contribution is 2.23. The van der Waals surface area contributed by atoms with E-state index in [1.807, 2.05) is 35.2 Å². The van der Waals surface area contributed by atoms with Gasteiger partial charge >= 0.3 is 0 Å². The number of nitrogens with zero attached hydrogens (tertiary/aromatic N) is 4. The zero-order valence-electron chi connectivity index (χ0n) is 13.9. The van der Waals surface area contributed by atoms with Crippen LogP contribution in [0.15, 0.2) is 34.9 Å². The number of nitrogens with two attached hydrogens (primary N) is 1. The highest BCUT2D eigenvalue weighted by atomic mass is 16.5. The standard InChI is InChI=1S/C17H23N5O2/c1-13(21-9-11-22(12-10-21)15(23)7-8-18)17-19-16(20-24-17)14-5-3-2-4-6-14/h2-6,13H,7-12,18H2,1H3. The van der Waals surface area contributed by atoms with Crippen molar-refractivity contribution < 1.29 is 9.32 Å². The number of carbonyl (C=O) groups excluding carboxylic acids is 1. The van der Waals surface area contributed by atoms with E-state index in [1.54, 1.807) is 0 Å². The van der Waals surface area contributed by atoms with Crippen LogP contribution in [0.3, 0.4) is 0 Å². The van der Waals surface area contributed by atoms with E-state index < -0.39 is 0 Å². The number of carbonyl (C=O) groups is 1. The van der Waals surface area contributed by atoms with Crippen molar-refractivity contribution >= 4 is 5.91 Å². The molecule has 1 fully saturated rings. The quantitative estimate of drug-likeness (QED) is 0.889. The third-order valence-corrected chi connectivity index (χ3v) is 4.40. The largest absolute Gasteiger partial charge is 0.340 e. The molecule has 1 aliphatic rings. The Kier molecular flexibility index (Phi) is 5.22. The summed E-state index contributed by atoms with van der Waals surface area (Å²) < 4.78 is 5.45. The van der Waals surface area contributed by atoms with Crippen LogP contribution in [0.1, 0.15) is 25.3 Å². The molecule has 1 amide bonds. The zero-order chi connectivity index (χ0) is 16.9. The molecule has 0 aliphatic carbocycles. The maximum atomic E-state index is 11.9. The van der Waals surface area contributed by atoms with Crippen molar-refractivity contribution in [2.75, 3.05) is 32.7 Å². The first-order valence-electron chi connectivity index (χ1n) is 8.30. The molecule has 2 heterocycles. The lowest BCUT2D eigenvalue weighted by Crippen LogP contribution is -2.49. The Morgan fingerprint density at radius 1 is 1.25 bits per heavy atom. The molecule has 0 spiro atoms. The minimum atomic E-state index is 0.0294. The van der Waals surface area contributed by atoms with E-state index in [4.69, 9.17) is 10.3 Å². The van der Waals surface area contributed by atoms with Gasteiger partial charge < -0.3 is 15.2 Å². The molecule has 1 saturated heterocycles. The number of benzene rings is 1. The van der Waals surface area contributed by atoms with E-state index in [2.05, 4.69) is 22.0 Å². The van der Waals surface area contributed by atoms with Crippen molar-refractivity contribution in [3.8, 4) is 11.4 Å². The van der Waals surface area contributed by atoms with Crippen molar-refractivity contribution in [3.05, 3.63) is 36.2 Å². The van der Waals surface area contributed by atoms with Gasteiger partial charge in [-0.2, -0.15) is 4.98 Å². The van der Waals surface area contributed by atoms with Crippen LogP contribution in [-0.2, 0) is 4.79 Å². The summed E-state index contributed by atoms with van der Waals surface area (Å²) in [4.78, 5) is 20.5. The van der Waals surface area contributed by atoms with Crippen molar-refractivity contribution in [2.45, 2.75) is 19.4 Å². The van der Waals surface area contributed by atoms with Crippen LogP contribution in [0.4, 0.5) is 0 Å². The molecule has 2 N–H and O–H groups in total. The van der Waals surface area contributed by atoms with Gasteiger partial charge in [-0.3, -0.25) is 9.69 Å². The van der Waals surface area contributed by atoms with Crippen LogP contribution in [0, 0.1) is 0 Å². The fourth-order valence-electron chi connectivity index (χ4n) is 2.91. The average molecular weight is 329 g/mol. The second kappa shape index (κ2) is 7.55. The fourth-order valence-corrected chi connectivity index (χ4v) is 2.91. The summed E-state index contributed by atoms with van der Waals surface area (Å²) in [5, 5.41) is 4.08. The lowest BCUT2D eigenvalue weighted by Gasteiger charge is -2.36. The van der Waals surface area contributed by atoms with E-state index in [1.165, 1.54) is 0 Å². The highest BCUT2D eigenvalue weighted by Gasteiger charge is 2.27. The first-order valence-corrected chi connectivity index (χ1v) is 8.30. The van der Waals surface area contributed by atoms with E-state index in [0.29, 0.717) is 37.8 Å². The molecule has 0 saturated carbocycles. The summed E-state index contributed by atoms with van der Waals surface area (Å²) in [6, 6.07) is 9.81. The smallest absolute Gasteiger partial charge is 0.244 e. The molecule has 7 nitrogen and oxygen atoms in total. The first kappa shape index (κ1) is 16.6. The molecule has 0 bridgehead atoms. The summed E-state index contributed by atoms with van der Waals surface area (Å²) in [5.41, 5.74) is 6.39. The number of amides is 1. The lowest BCUT2D eigenvalue weighted by molar-refractivity contribution is -0.133. The topological polar surface area (TPSA) is 88.5 Å². The second-order valence-electron chi connectivity index (χ2n) is 5.95. The molecule has 2 aromatic rings. The van der Waals surface area contributed by atoms with E-state index >= 15 is 0 Å². The predicted octanol–water partition coefficient (Wildman–Crippen LogP) is 1.29. The molecule has 0 radical (unpaired) electrons. The van der Waals surface area contributed by atoms with E-state index in [9.17, 15) is 4.79 Å². The first-order chi connectivity index (χ1) is 11.7. The number of piperazine rings is 1. The lowest BCUT2D eigenvalue weighted by atomic mass is 10.2. The van der Waals surface area contributed by atoms with Crippen molar-refractivity contribution in [1.29, 1.82) is 0 Å². The number of hydrogen-bond donors (Lipinski definition) is 1. The maximum absolute atomic E-state index is 11.9. The Hall–Kier alpha value is -2.25.